The maximum Gasteiger partial charge on any atom is 0.319 e. The number of aryl methyl sites for hydroxylation is 1. The third-order valence-corrected chi connectivity index (χ3v) is 5.87. The molecule has 0 aliphatic heterocycles. The minimum atomic E-state index is -0.256. The van der Waals surface area contributed by atoms with Crippen LogP contribution in [0.1, 0.15) is 32.4 Å². The fraction of sp³-hybridized carbons (Fsp3) is 0.400. The zero-order valence-electron chi connectivity index (χ0n) is 20.4. The minimum absolute atomic E-state index is 0.102. The number of carbonyl (C=O) groups is 1. The van der Waals surface area contributed by atoms with Gasteiger partial charge in [-0.1, -0.05) is 13.8 Å². The molecule has 0 bridgehead atoms. The Labute approximate surface area is 204 Å². The number of carbonyl (C=O) groups excluding carboxylic acids is 1. The summed E-state index contributed by atoms with van der Waals surface area (Å²) in [7, 11) is 1.79. The van der Waals surface area contributed by atoms with Crippen molar-refractivity contribution in [2.45, 2.75) is 39.7 Å². The van der Waals surface area contributed by atoms with Crippen LogP contribution in [0.15, 0.2) is 36.7 Å². The number of pyridine rings is 2. The van der Waals surface area contributed by atoms with E-state index in [2.05, 4.69) is 44.7 Å². The van der Waals surface area contributed by atoms with Crippen LogP contribution in [0.2, 0.25) is 0 Å². The molecule has 35 heavy (non-hydrogen) atoms. The van der Waals surface area contributed by atoms with E-state index in [1.54, 1.807) is 25.5 Å². The first-order valence-corrected chi connectivity index (χ1v) is 11.6. The molecular formula is C25H31N7O3. The highest BCUT2D eigenvalue weighted by Gasteiger charge is 2.36. The number of anilines is 2. The van der Waals surface area contributed by atoms with Crippen LogP contribution in [-0.2, 0) is 0 Å². The van der Waals surface area contributed by atoms with E-state index in [0.717, 1.165) is 29.7 Å². The molecule has 1 aliphatic carbocycles. The van der Waals surface area contributed by atoms with Gasteiger partial charge in [-0.25, -0.2) is 14.8 Å². The van der Waals surface area contributed by atoms with Crippen LogP contribution in [0.4, 0.5) is 16.3 Å². The Morgan fingerprint density at radius 1 is 1.20 bits per heavy atom. The highest BCUT2D eigenvalue weighted by Crippen LogP contribution is 2.39. The van der Waals surface area contributed by atoms with Crippen molar-refractivity contribution in [3.8, 4) is 28.5 Å². The Balaban J connectivity index is 1.63. The van der Waals surface area contributed by atoms with Crippen molar-refractivity contribution >= 4 is 17.5 Å². The first-order chi connectivity index (χ1) is 16.8. The first kappa shape index (κ1) is 24.3. The van der Waals surface area contributed by atoms with Gasteiger partial charge in [0.05, 0.1) is 24.2 Å². The third kappa shape index (κ3) is 6.02. The maximum atomic E-state index is 12.5. The fourth-order valence-corrected chi connectivity index (χ4v) is 4.21. The Morgan fingerprint density at radius 2 is 2.00 bits per heavy atom. The van der Waals surface area contributed by atoms with Crippen molar-refractivity contribution in [1.29, 1.82) is 0 Å². The summed E-state index contributed by atoms with van der Waals surface area (Å²) in [4.78, 5) is 30.5. The number of aromatic nitrogens is 4. The molecule has 184 valence electrons. The molecule has 0 saturated heterocycles. The Morgan fingerprint density at radius 3 is 2.71 bits per heavy atom. The van der Waals surface area contributed by atoms with Crippen molar-refractivity contribution in [3.05, 3.63) is 42.4 Å². The van der Waals surface area contributed by atoms with E-state index >= 15 is 0 Å². The van der Waals surface area contributed by atoms with Gasteiger partial charge in [-0.3, -0.25) is 4.98 Å². The third-order valence-electron chi connectivity index (χ3n) is 5.87. The van der Waals surface area contributed by atoms with Gasteiger partial charge in [-0.05, 0) is 43.4 Å². The van der Waals surface area contributed by atoms with Gasteiger partial charge < -0.3 is 25.8 Å². The molecule has 0 spiro atoms. The molecule has 3 aromatic rings. The molecule has 0 atom stereocenters. The monoisotopic (exact) mass is 477 g/mol. The van der Waals surface area contributed by atoms with Gasteiger partial charge in [0.1, 0.15) is 12.4 Å². The predicted molar refractivity (Wildman–Crippen MR) is 134 cm³/mol. The lowest BCUT2D eigenvalue weighted by atomic mass is 9.68. The van der Waals surface area contributed by atoms with Crippen molar-refractivity contribution in [2.75, 3.05) is 30.9 Å². The predicted octanol–water partition coefficient (Wildman–Crippen LogP) is 3.63. The summed E-state index contributed by atoms with van der Waals surface area (Å²) in [6.45, 7) is 6.22. The Bertz CT molecular complexity index is 1210. The smallest absolute Gasteiger partial charge is 0.319 e. The number of nitrogens with one attached hydrogen (secondary N) is 3. The highest BCUT2D eigenvalue weighted by atomic mass is 16.5. The van der Waals surface area contributed by atoms with Crippen LogP contribution in [0.5, 0.6) is 5.88 Å². The van der Waals surface area contributed by atoms with Crippen LogP contribution in [0.25, 0.3) is 22.6 Å². The van der Waals surface area contributed by atoms with E-state index in [1.165, 1.54) is 0 Å². The summed E-state index contributed by atoms with van der Waals surface area (Å²) in [6.07, 6.45) is 5.21. The van der Waals surface area contributed by atoms with E-state index in [-0.39, 0.29) is 30.7 Å². The number of aliphatic hydroxyl groups excluding tert-OH is 1. The SMILES string of the molecule is CNc1cc(-c2nc(OCCO)cc(-c3cc(NC(=O)NC4CC(C)(C)C4)cnc3C)n2)ccn1. The van der Waals surface area contributed by atoms with Gasteiger partial charge in [0, 0.05) is 42.2 Å². The number of amides is 2. The molecule has 4 rings (SSSR count). The van der Waals surface area contributed by atoms with Crippen molar-refractivity contribution < 1.29 is 14.6 Å². The van der Waals surface area contributed by atoms with Gasteiger partial charge in [0.25, 0.3) is 0 Å². The number of urea groups is 1. The average Bonchev–Trinajstić information content (AvgIpc) is 2.82. The van der Waals surface area contributed by atoms with Gasteiger partial charge in [0.15, 0.2) is 5.82 Å². The summed E-state index contributed by atoms with van der Waals surface area (Å²) < 4.78 is 5.62. The lowest BCUT2D eigenvalue weighted by molar-refractivity contribution is 0.132. The topological polar surface area (TPSA) is 134 Å². The molecule has 10 heteroatoms. The molecule has 1 fully saturated rings. The second-order valence-corrected chi connectivity index (χ2v) is 9.39. The number of ether oxygens (including phenoxy) is 1. The lowest BCUT2D eigenvalue weighted by Crippen LogP contribution is -2.49. The van der Waals surface area contributed by atoms with Gasteiger partial charge in [0.2, 0.25) is 5.88 Å². The molecule has 3 heterocycles. The summed E-state index contributed by atoms with van der Waals surface area (Å²) in [5.74, 6) is 1.45. The molecule has 1 aliphatic rings. The number of hydrogen-bond donors (Lipinski definition) is 4. The molecule has 0 unspecified atom stereocenters. The van der Waals surface area contributed by atoms with Crippen molar-refractivity contribution in [2.24, 2.45) is 5.41 Å². The molecule has 2 amide bonds. The summed E-state index contributed by atoms with van der Waals surface area (Å²) in [5.41, 5.74) is 3.64. The van der Waals surface area contributed by atoms with Gasteiger partial charge >= 0.3 is 6.03 Å². The number of nitrogens with zero attached hydrogens (tertiary/aromatic N) is 4. The van der Waals surface area contributed by atoms with Crippen molar-refractivity contribution in [1.82, 2.24) is 25.3 Å². The Kier molecular flexibility index (Phi) is 7.11. The fourth-order valence-electron chi connectivity index (χ4n) is 4.21. The van der Waals surface area contributed by atoms with Gasteiger partial charge in [-0.2, -0.15) is 4.98 Å². The van der Waals surface area contributed by atoms with Gasteiger partial charge in [-0.15, -0.1) is 0 Å². The molecule has 1 saturated carbocycles. The zero-order valence-corrected chi connectivity index (χ0v) is 20.4. The Hall–Kier alpha value is -3.79. The van der Waals surface area contributed by atoms with Crippen LogP contribution in [-0.4, -0.2) is 57.4 Å². The normalized spacial score (nSPS) is 14.7. The first-order valence-electron chi connectivity index (χ1n) is 11.6. The second kappa shape index (κ2) is 10.2. The second-order valence-electron chi connectivity index (χ2n) is 9.39. The van der Waals surface area contributed by atoms with Crippen LogP contribution in [0, 0.1) is 12.3 Å². The number of hydrogen-bond acceptors (Lipinski definition) is 8. The largest absolute Gasteiger partial charge is 0.475 e. The maximum absolute atomic E-state index is 12.5. The quantitative estimate of drug-likeness (QED) is 0.386. The van der Waals surface area contributed by atoms with E-state index in [4.69, 9.17) is 9.72 Å². The summed E-state index contributed by atoms with van der Waals surface area (Å²) in [6, 6.07) is 7.11. The standard InChI is InChI=1S/C25H31N7O3/c1-15-19(10-17(14-28-15)29-24(34)30-18-12-25(2,3)13-18)20-11-22(35-8-7-33)32-23(31-20)16-5-6-27-21(9-16)26-4/h5-6,9-11,14,18,33H,7-8,12-13H2,1-4H3,(H,26,27)(H2,29,30,34). The molecule has 0 radical (unpaired) electrons. The van der Waals surface area contributed by atoms with E-state index in [1.807, 2.05) is 25.1 Å². The molecule has 0 aromatic carbocycles. The zero-order chi connectivity index (χ0) is 25.0. The number of aliphatic hydroxyl groups is 1. The molecule has 3 aromatic heterocycles. The van der Waals surface area contributed by atoms with Crippen molar-refractivity contribution in [3.63, 3.8) is 0 Å². The van der Waals surface area contributed by atoms with Crippen LogP contribution >= 0.6 is 0 Å². The van der Waals surface area contributed by atoms with E-state index in [0.29, 0.717) is 28.9 Å². The van der Waals surface area contributed by atoms with Crippen LogP contribution < -0.4 is 20.7 Å². The highest BCUT2D eigenvalue weighted by molar-refractivity contribution is 5.90. The summed E-state index contributed by atoms with van der Waals surface area (Å²) in [5, 5.41) is 18.1. The van der Waals surface area contributed by atoms with E-state index in [9.17, 15) is 9.90 Å². The van der Waals surface area contributed by atoms with E-state index < -0.39 is 0 Å². The van der Waals surface area contributed by atoms with Crippen LogP contribution in [0.3, 0.4) is 0 Å². The lowest BCUT2D eigenvalue weighted by Gasteiger charge is -2.42. The number of rotatable bonds is 8. The average molecular weight is 478 g/mol. The molecule has 4 N–H and O–H groups in total. The molecular weight excluding hydrogens is 446 g/mol. The summed E-state index contributed by atoms with van der Waals surface area (Å²) >= 11 is 0. The molecule has 10 nitrogen and oxygen atoms in total. The minimum Gasteiger partial charge on any atom is -0.475 e.